The quantitative estimate of drug-likeness (QED) is 0.248. The van der Waals surface area contributed by atoms with E-state index in [0.717, 1.165) is 5.56 Å². The number of hydrogen-bond donors (Lipinski definition) is 0. The molecular weight excluding hydrogens is 448 g/mol. The Hall–Kier alpha value is -2.54. The molecule has 9 heteroatoms. The standard InChI is InChI=1S/C23H22N2O5S2/c1-23(13-24,32-22(31)14-5-3-2-4-6-14)10-9-17(26)29-12-11-25-20(27)18-15-7-8-16(30-15)19(18)21(25)28/h2-8,15-16,18-19H,9-12H2,1H3/t15-,16+,18?,19?,23?. The number of hydrogen-bond acceptors (Lipinski definition) is 8. The molecule has 1 aromatic rings. The smallest absolute Gasteiger partial charge is 0.305 e. The van der Waals surface area contributed by atoms with E-state index >= 15 is 0 Å². The third kappa shape index (κ3) is 4.35. The van der Waals surface area contributed by atoms with Gasteiger partial charge in [0, 0.05) is 6.42 Å². The maximum Gasteiger partial charge on any atom is 0.305 e. The highest BCUT2D eigenvalue weighted by molar-refractivity contribution is 8.24. The number of amides is 2. The van der Waals surface area contributed by atoms with Crippen molar-refractivity contribution in [2.75, 3.05) is 13.2 Å². The van der Waals surface area contributed by atoms with Crippen molar-refractivity contribution in [1.82, 2.24) is 4.90 Å². The molecule has 2 bridgehead atoms. The molecule has 0 N–H and O–H groups in total. The van der Waals surface area contributed by atoms with Crippen LogP contribution in [-0.4, -0.2) is 57.0 Å². The highest BCUT2D eigenvalue weighted by atomic mass is 32.2. The summed E-state index contributed by atoms with van der Waals surface area (Å²) in [6.07, 6.45) is 3.28. The molecule has 3 aliphatic heterocycles. The molecule has 4 rings (SSSR count). The predicted octanol–water partition coefficient (Wildman–Crippen LogP) is 2.64. The summed E-state index contributed by atoms with van der Waals surface area (Å²) in [7, 11) is 0. The number of nitriles is 1. The Morgan fingerprint density at radius 3 is 2.44 bits per heavy atom. The SMILES string of the molecule is CC(C#N)(CCC(=O)OCCN1C(=O)C2C(C1=O)[C@H]1C=C[C@@H]2O1)SC(=S)c1ccccc1. The number of esters is 1. The molecule has 0 aromatic heterocycles. The molecule has 3 aliphatic rings. The van der Waals surface area contributed by atoms with Crippen LogP contribution in [0.1, 0.15) is 25.3 Å². The van der Waals surface area contributed by atoms with E-state index < -0.39 is 22.6 Å². The fourth-order valence-corrected chi connectivity index (χ4v) is 5.82. The summed E-state index contributed by atoms with van der Waals surface area (Å²) in [4.78, 5) is 38.5. The minimum Gasteiger partial charge on any atom is -0.464 e. The number of fused-ring (bicyclic) bond motifs is 5. The van der Waals surface area contributed by atoms with Gasteiger partial charge < -0.3 is 9.47 Å². The van der Waals surface area contributed by atoms with Gasteiger partial charge in [-0.15, -0.1) is 0 Å². The predicted molar refractivity (Wildman–Crippen MR) is 121 cm³/mol. The van der Waals surface area contributed by atoms with Crippen LogP contribution in [0, 0.1) is 23.2 Å². The van der Waals surface area contributed by atoms with Gasteiger partial charge in [0.05, 0.1) is 40.9 Å². The summed E-state index contributed by atoms with van der Waals surface area (Å²) in [6.45, 7) is 1.70. The lowest BCUT2D eigenvalue weighted by Crippen LogP contribution is -2.37. The van der Waals surface area contributed by atoms with Crippen LogP contribution in [0.25, 0.3) is 0 Å². The minimum absolute atomic E-state index is 0.0260. The number of benzene rings is 1. The summed E-state index contributed by atoms with van der Waals surface area (Å²) >= 11 is 6.69. The Morgan fingerprint density at radius 2 is 1.84 bits per heavy atom. The van der Waals surface area contributed by atoms with Crippen LogP contribution in [0.5, 0.6) is 0 Å². The molecule has 0 aliphatic carbocycles. The largest absolute Gasteiger partial charge is 0.464 e. The van der Waals surface area contributed by atoms with Gasteiger partial charge >= 0.3 is 5.97 Å². The molecule has 2 amide bonds. The lowest BCUT2D eigenvalue weighted by Gasteiger charge is -2.21. The molecule has 1 aromatic carbocycles. The van der Waals surface area contributed by atoms with Gasteiger partial charge in [-0.1, -0.05) is 66.5 Å². The zero-order chi connectivity index (χ0) is 22.9. The highest BCUT2D eigenvalue weighted by Gasteiger charge is 2.60. The van der Waals surface area contributed by atoms with E-state index in [9.17, 15) is 19.6 Å². The minimum atomic E-state index is -0.878. The van der Waals surface area contributed by atoms with Crippen molar-refractivity contribution < 1.29 is 23.9 Å². The van der Waals surface area contributed by atoms with Crippen molar-refractivity contribution >= 4 is 46.0 Å². The number of carbonyl (C=O) groups is 3. The summed E-state index contributed by atoms with van der Waals surface area (Å²) in [5, 5.41) is 9.62. The first-order valence-electron chi connectivity index (χ1n) is 10.4. The molecule has 0 saturated carbocycles. The summed E-state index contributed by atoms with van der Waals surface area (Å²) < 4.78 is 10.5. The zero-order valence-corrected chi connectivity index (χ0v) is 19.1. The Balaban J connectivity index is 1.23. The van der Waals surface area contributed by atoms with Crippen molar-refractivity contribution in [3.63, 3.8) is 0 Å². The van der Waals surface area contributed by atoms with Gasteiger partial charge in [0.1, 0.15) is 11.4 Å². The van der Waals surface area contributed by atoms with E-state index in [4.69, 9.17) is 21.7 Å². The Labute approximate surface area is 195 Å². The second-order valence-electron chi connectivity index (χ2n) is 8.15. The molecular formula is C23H22N2O5S2. The van der Waals surface area contributed by atoms with Crippen LogP contribution in [0.4, 0.5) is 0 Å². The number of imide groups is 1. The Bertz CT molecular complexity index is 991. The van der Waals surface area contributed by atoms with Crippen molar-refractivity contribution in [2.45, 2.75) is 36.7 Å². The fraction of sp³-hybridized carbons (Fsp3) is 0.435. The van der Waals surface area contributed by atoms with E-state index in [2.05, 4.69) is 6.07 Å². The summed E-state index contributed by atoms with van der Waals surface area (Å²) in [5.74, 6) is -1.95. The van der Waals surface area contributed by atoms with Gasteiger partial charge in [-0.3, -0.25) is 19.3 Å². The van der Waals surface area contributed by atoms with Crippen LogP contribution in [0.3, 0.4) is 0 Å². The van der Waals surface area contributed by atoms with E-state index in [1.165, 1.54) is 16.7 Å². The second kappa shape index (κ2) is 9.14. The van der Waals surface area contributed by atoms with E-state index in [-0.39, 0.29) is 50.0 Å². The average Bonchev–Trinajstić information content (AvgIpc) is 3.48. The van der Waals surface area contributed by atoms with Crippen molar-refractivity contribution in [3.8, 4) is 6.07 Å². The molecule has 5 atom stereocenters. The number of likely N-dealkylation sites (tertiary alicyclic amines) is 1. The lowest BCUT2D eigenvalue weighted by atomic mass is 9.85. The Morgan fingerprint density at radius 1 is 1.22 bits per heavy atom. The van der Waals surface area contributed by atoms with Gasteiger partial charge in [0.2, 0.25) is 11.8 Å². The topological polar surface area (TPSA) is 96.7 Å². The van der Waals surface area contributed by atoms with Crippen molar-refractivity contribution in [3.05, 3.63) is 48.0 Å². The third-order valence-electron chi connectivity index (χ3n) is 5.95. The number of thioether (sulfide) groups is 1. The van der Waals surface area contributed by atoms with Gasteiger partial charge in [-0.05, 0) is 18.9 Å². The van der Waals surface area contributed by atoms with Gasteiger partial charge in [0.15, 0.2) is 0 Å². The molecule has 0 radical (unpaired) electrons. The molecule has 2 fully saturated rings. The molecule has 2 saturated heterocycles. The third-order valence-corrected chi connectivity index (χ3v) is 7.60. The number of ether oxygens (including phenoxy) is 2. The monoisotopic (exact) mass is 470 g/mol. The van der Waals surface area contributed by atoms with E-state index in [1.54, 1.807) is 6.92 Å². The first kappa shape index (κ1) is 22.6. The average molecular weight is 471 g/mol. The number of carbonyl (C=O) groups excluding carboxylic acids is 3. The van der Waals surface area contributed by atoms with Gasteiger partial charge in [-0.25, -0.2) is 0 Å². The second-order valence-corrected chi connectivity index (χ2v) is 10.3. The maximum absolute atomic E-state index is 12.6. The van der Waals surface area contributed by atoms with Crippen molar-refractivity contribution in [2.24, 2.45) is 11.8 Å². The van der Waals surface area contributed by atoms with Crippen LogP contribution >= 0.6 is 24.0 Å². The number of thiocarbonyl (C=S) groups is 1. The van der Waals surface area contributed by atoms with Crippen LogP contribution in [-0.2, 0) is 23.9 Å². The molecule has 7 nitrogen and oxygen atoms in total. The normalized spacial score (nSPS) is 27.2. The van der Waals surface area contributed by atoms with Crippen LogP contribution in [0.15, 0.2) is 42.5 Å². The first-order chi connectivity index (χ1) is 15.3. The summed E-state index contributed by atoms with van der Waals surface area (Å²) in [5.41, 5.74) is 0.857. The molecule has 32 heavy (non-hydrogen) atoms. The first-order valence-corrected chi connectivity index (χ1v) is 11.6. The van der Waals surface area contributed by atoms with Crippen molar-refractivity contribution in [1.29, 1.82) is 5.26 Å². The maximum atomic E-state index is 12.6. The number of rotatable bonds is 8. The van der Waals surface area contributed by atoms with Gasteiger partial charge in [0.25, 0.3) is 0 Å². The van der Waals surface area contributed by atoms with E-state index in [1.807, 2.05) is 42.5 Å². The number of nitrogens with zero attached hydrogens (tertiary/aromatic N) is 2. The van der Waals surface area contributed by atoms with Crippen LogP contribution in [0.2, 0.25) is 0 Å². The highest BCUT2D eigenvalue weighted by Crippen LogP contribution is 2.44. The van der Waals surface area contributed by atoms with Crippen LogP contribution < -0.4 is 0 Å². The molecule has 3 unspecified atom stereocenters. The molecule has 3 heterocycles. The zero-order valence-electron chi connectivity index (χ0n) is 17.4. The van der Waals surface area contributed by atoms with Gasteiger partial charge in [-0.2, -0.15) is 5.26 Å². The molecule has 166 valence electrons. The fourth-order valence-electron chi connectivity index (χ4n) is 4.22. The molecule has 0 spiro atoms. The Kier molecular flexibility index (Phi) is 6.47. The lowest BCUT2D eigenvalue weighted by molar-refractivity contribution is -0.149. The van der Waals surface area contributed by atoms with E-state index in [0.29, 0.717) is 4.20 Å². The summed E-state index contributed by atoms with van der Waals surface area (Å²) in [6, 6.07) is 11.6.